The van der Waals surface area contributed by atoms with Gasteiger partial charge >= 0.3 is 0 Å². The van der Waals surface area contributed by atoms with Crippen molar-refractivity contribution in [2.75, 3.05) is 0 Å². The highest BCUT2D eigenvalue weighted by Crippen LogP contribution is 2.43. The quantitative estimate of drug-likeness (QED) is 0.599. The molecule has 0 fully saturated rings. The van der Waals surface area contributed by atoms with Crippen LogP contribution in [0.1, 0.15) is 62.3 Å². The second-order valence-corrected chi connectivity index (χ2v) is 11.8. The Labute approximate surface area is 92.0 Å². The summed E-state index contributed by atoms with van der Waals surface area (Å²) in [6.07, 6.45) is 0. The highest BCUT2D eigenvalue weighted by Gasteiger charge is 2.40. The molecule has 0 aromatic heterocycles. The zero-order valence-electron chi connectivity index (χ0n) is 11.5. The molecule has 0 rings (SSSR count). The van der Waals surface area contributed by atoms with Gasteiger partial charge < -0.3 is 4.43 Å². The van der Waals surface area contributed by atoms with Gasteiger partial charge in [-0.25, -0.2) is 0 Å². The summed E-state index contributed by atoms with van der Waals surface area (Å²) in [7, 11) is -1.24. The van der Waals surface area contributed by atoms with Crippen molar-refractivity contribution in [1.29, 1.82) is 0 Å². The van der Waals surface area contributed by atoms with E-state index in [0.717, 1.165) is 0 Å². The van der Waals surface area contributed by atoms with E-state index >= 15 is 0 Å². The Morgan fingerprint density at radius 3 is 1.00 bits per heavy atom. The summed E-state index contributed by atoms with van der Waals surface area (Å²) in [6, 6.07) is 0. The van der Waals surface area contributed by atoms with Gasteiger partial charge in [-0.2, -0.15) is 0 Å². The van der Waals surface area contributed by atoms with Crippen LogP contribution in [0.4, 0.5) is 0 Å². The Kier molecular flexibility index (Phi) is 4.02. The summed E-state index contributed by atoms with van der Waals surface area (Å²) in [6.45, 7) is 20.3. The van der Waals surface area contributed by atoms with E-state index in [9.17, 15) is 0 Å². The fourth-order valence-corrected chi connectivity index (χ4v) is 6.02. The molecule has 14 heavy (non-hydrogen) atoms. The summed E-state index contributed by atoms with van der Waals surface area (Å²) in [5, 5.41) is 0.650. The molecular formula is C12H28OSi. The van der Waals surface area contributed by atoms with Crippen molar-refractivity contribution in [2.45, 2.75) is 78.0 Å². The highest BCUT2D eigenvalue weighted by molar-refractivity contribution is 6.58. The van der Waals surface area contributed by atoms with Gasteiger partial charge in [0.05, 0.1) is 0 Å². The predicted octanol–water partition coefficient (Wildman–Crippen LogP) is 4.13. The minimum Gasteiger partial charge on any atom is -0.414 e. The third-order valence-corrected chi connectivity index (χ3v) is 6.13. The van der Waals surface area contributed by atoms with Gasteiger partial charge in [0.1, 0.15) is 0 Å². The van der Waals surface area contributed by atoms with Crippen molar-refractivity contribution in [3.05, 3.63) is 0 Å². The Balaban J connectivity index is 4.78. The maximum atomic E-state index is 6.31. The molecule has 0 aromatic rings. The van der Waals surface area contributed by atoms with Gasteiger partial charge in [-0.05, 0) is 30.8 Å². The van der Waals surface area contributed by atoms with Crippen LogP contribution in [0.25, 0.3) is 0 Å². The molecule has 0 heterocycles. The van der Waals surface area contributed by atoms with E-state index in [-0.39, 0.29) is 5.60 Å². The molecule has 0 aliphatic carbocycles. The van der Waals surface area contributed by atoms with Gasteiger partial charge in [0.25, 0.3) is 0 Å². The highest BCUT2D eigenvalue weighted by atomic mass is 28.3. The molecule has 86 valence electrons. The third kappa shape index (κ3) is 5.16. The SMILES string of the molecule is CC(C)(C)O[SiH](C(C)(C)C)C(C)(C)C. The van der Waals surface area contributed by atoms with Crippen LogP contribution >= 0.6 is 0 Å². The van der Waals surface area contributed by atoms with E-state index in [2.05, 4.69) is 62.3 Å². The fourth-order valence-electron chi connectivity index (χ4n) is 2.01. The molecule has 0 unspecified atom stereocenters. The summed E-state index contributed by atoms with van der Waals surface area (Å²) >= 11 is 0. The first kappa shape index (κ1) is 14.2. The Morgan fingerprint density at radius 1 is 0.643 bits per heavy atom. The molecule has 0 saturated heterocycles. The lowest BCUT2D eigenvalue weighted by molar-refractivity contribution is 0.112. The van der Waals surface area contributed by atoms with Crippen LogP contribution in [0, 0.1) is 0 Å². The fraction of sp³-hybridized carbons (Fsp3) is 1.00. The van der Waals surface area contributed by atoms with Gasteiger partial charge in [-0.1, -0.05) is 41.5 Å². The van der Waals surface area contributed by atoms with E-state index in [0.29, 0.717) is 10.1 Å². The lowest BCUT2D eigenvalue weighted by atomic mass is 10.2. The summed E-state index contributed by atoms with van der Waals surface area (Å²) < 4.78 is 6.31. The van der Waals surface area contributed by atoms with Crippen molar-refractivity contribution < 1.29 is 4.43 Å². The molecule has 0 saturated carbocycles. The molecule has 0 radical (unpaired) electrons. The van der Waals surface area contributed by atoms with Gasteiger partial charge in [0.15, 0.2) is 9.04 Å². The first-order valence-corrected chi connectivity index (χ1v) is 7.14. The normalized spacial score (nSPS) is 15.0. The molecular weight excluding hydrogens is 188 g/mol. The van der Waals surface area contributed by atoms with Gasteiger partial charge in [-0.15, -0.1) is 0 Å². The van der Waals surface area contributed by atoms with Crippen LogP contribution in [0.3, 0.4) is 0 Å². The molecule has 0 aromatic carbocycles. The molecule has 0 aliphatic heterocycles. The van der Waals surface area contributed by atoms with E-state index in [1.165, 1.54) is 0 Å². The maximum absolute atomic E-state index is 6.31. The number of rotatable bonds is 1. The Bertz CT molecular complexity index is 164. The zero-order chi connectivity index (χ0) is 11.8. The summed E-state index contributed by atoms with van der Waals surface area (Å²) in [5.74, 6) is 0. The Hall–Kier alpha value is 0.177. The molecule has 0 aliphatic rings. The first-order chi connectivity index (χ1) is 5.84. The second-order valence-electron chi connectivity index (χ2n) is 7.34. The zero-order valence-corrected chi connectivity index (χ0v) is 12.6. The summed E-state index contributed by atoms with van der Waals surface area (Å²) in [4.78, 5) is 0. The third-order valence-electron chi connectivity index (χ3n) is 2.04. The van der Waals surface area contributed by atoms with Crippen molar-refractivity contribution in [3.63, 3.8) is 0 Å². The molecule has 0 bridgehead atoms. The maximum Gasteiger partial charge on any atom is 0.188 e. The topological polar surface area (TPSA) is 9.23 Å². The first-order valence-electron chi connectivity index (χ1n) is 5.52. The second kappa shape index (κ2) is 3.97. The van der Waals surface area contributed by atoms with Crippen molar-refractivity contribution >= 4 is 9.04 Å². The lowest BCUT2D eigenvalue weighted by Crippen LogP contribution is -2.43. The molecule has 0 spiro atoms. The van der Waals surface area contributed by atoms with Crippen LogP contribution in [0.5, 0.6) is 0 Å². The Morgan fingerprint density at radius 2 is 0.929 bits per heavy atom. The molecule has 2 heteroatoms. The van der Waals surface area contributed by atoms with Crippen molar-refractivity contribution in [2.24, 2.45) is 0 Å². The average molecular weight is 216 g/mol. The largest absolute Gasteiger partial charge is 0.414 e. The number of hydrogen-bond donors (Lipinski definition) is 0. The van der Waals surface area contributed by atoms with Crippen LogP contribution in [-0.4, -0.2) is 14.6 Å². The van der Waals surface area contributed by atoms with Crippen LogP contribution in [0.15, 0.2) is 0 Å². The van der Waals surface area contributed by atoms with E-state index in [1.807, 2.05) is 0 Å². The van der Waals surface area contributed by atoms with Gasteiger partial charge in [0, 0.05) is 5.60 Å². The predicted molar refractivity (Wildman–Crippen MR) is 67.4 cm³/mol. The average Bonchev–Trinajstić information content (AvgIpc) is 1.75. The monoisotopic (exact) mass is 216 g/mol. The van der Waals surface area contributed by atoms with Crippen molar-refractivity contribution in [1.82, 2.24) is 0 Å². The molecule has 0 atom stereocenters. The van der Waals surface area contributed by atoms with Gasteiger partial charge in [0.2, 0.25) is 0 Å². The minimum absolute atomic E-state index is 0.00253. The van der Waals surface area contributed by atoms with E-state index in [4.69, 9.17) is 4.43 Å². The molecule has 1 nitrogen and oxygen atoms in total. The number of hydrogen-bond acceptors (Lipinski definition) is 1. The van der Waals surface area contributed by atoms with Gasteiger partial charge in [-0.3, -0.25) is 0 Å². The lowest BCUT2D eigenvalue weighted by Gasteiger charge is -2.42. The van der Waals surface area contributed by atoms with Crippen LogP contribution in [0.2, 0.25) is 10.1 Å². The minimum atomic E-state index is -1.24. The standard InChI is InChI=1S/C12H28OSi/c1-10(2,3)13-14(11(4,5)6)12(7,8)9/h14H,1-9H3. The van der Waals surface area contributed by atoms with Crippen LogP contribution in [-0.2, 0) is 4.43 Å². The van der Waals surface area contributed by atoms with Crippen LogP contribution < -0.4 is 0 Å². The van der Waals surface area contributed by atoms with Crippen molar-refractivity contribution in [3.8, 4) is 0 Å². The molecule has 0 N–H and O–H groups in total. The molecule has 0 amide bonds. The smallest absolute Gasteiger partial charge is 0.188 e. The van der Waals surface area contributed by atoms with E-state index < -0.39 is 9.04 Å². The van der Waals surface area contributed by atoms with E-state index in [1.54, 1.807) is 0 Å². The summed E-state index contributed by atoms with van der Waals surface area (Å²) in [5.41, 5.74) is -0.00253.